The van der Waals surface area contributed by atoms with Crippen LogP contribution in [0.15, 0.2) is 18.2 Å². The number of aryl methyl sites for hydroxylation is 1. The van der Waals surface area contributed by atoms with Gasteiger partial charge in [0.05, 0.1) is 0 Å². The molecule has 0 heterocycles. The average molecular weight is 261 g/mol. The first-order valence-corrected chi connectivity index (χ1v) is 7.30. The topological polar surface area (TPSA) is 21.3 Å². The van der Waals surface area contributed by atoms with E-state index < -0.39 is 0 Å². The molecule has 1 fully saturated rings. The lowest BCUT2D eigenvalue weighted by atomic mass is 9.64. The summed E-state index contributed by atoms with van der Waals surface area (Å²) in [5.74, 6) is 1.57. The highest BCUT2D eigenvalue weighted by Crippen LogP contribution is 2.44. The number of ether oxygens (including phenoxy) is 1. The van der Waals surface area contributed by atoms with E-state index in [-0.39, 0.29) is 5.41 Å². The predicted molar refractivity (Wildman–Crippen MR) is 80.9 cm³/mol. The van der Waals surface area contributed by atoms with Crippen LogP contribution in [0.25, 0.3) is 0 Å². The van der Waals surface area contributed by atoms with Crippen LogP contribution in [-0.2, 0) is 0 Å². The van der Waals surface area contributed by atoms with Crippen LogP contribution in [0.2, 0.25) is 0 Å². The van der Waals surface area contributed by atoms with E-state index in [4.69, 9.17) is 4.74 Å². The molecule has 0 bridgehead atoms. The molecule has 1 aromatic carbocycles. The van der Waals surface area contributed by atoms with Gasteiger partial charge in [0.2, 0.25) is 0 Å². The highest BCUT2D eigenvalue weighted by molar-refractivity contribution is 5.39. The summed E-state index contributed by atoms with van der Waals surface area (Å²) in [5, 5.41) is 3.38. The summed E-state index contributed by atoms with van der Waals surface area (Å²) < 4.78 is 6.33. The summed E-state index contributed by atoms with van der Waals surface area (Å²) in [6.45, 7) is 11.1. The Labute approximate surface area is 117 Å². The van der Waals surface area contributed by atoms with Crippen LogP contribution in [-0.4, -0.2) is 19.2 Å². The third-order valence-electron chi connectivity index (χ3n) is 4.59. The molecule has 1 N–H and O–H groups in total. The lowest BCUT2D eigenvalue weighted by Gasteiger charge is -2.51. The van der Waals surface area contributed by atoms with Crippen molar-refractivity contribution >= 4 is 0 Å². The summed E-state index contributed by atoms with van der Waals surface area (Å²) in [5.41, 5.74) is 2.78. The highest BCUT2D eigenvalue weighted by atomic mass is 16.5. The lowest BCUT2D eigenvalue weighted by molar-refractivity contribution is -0.0526. The van der Waals surface area contributed by atoms with Crippen LogP contribution >= 0.6 is 0 Å². The summed E-state index contributed by atoms with van der Waals surface area (Å²) in [6, 6.07) is 7.11. The Bertz CT molecular complexity index is 451. The first-order chi connectivity index (χ1) is 8.86. The van der Waals surface area contributed by atoms with Gasteiger partial charge in [0, 0.05) is 17.9 Å². The fourth-order valence-electron chi connectivity index (χ4n) is 2.95. The largest absolute Gasteiger partial charge is 0.489 e. The van der Waals surface area contributed by atoms with Crippen LogP contribution in [0.5, 0.6) is 5.75 Å². The molecule has 2 heteroatoms. The van der Waals surface area contributed by atoms with E-state index in [1.54, 1.807) is 0 Å². The van der Waals surface area contributed by atoms with E-state index in [2.05, 4.69) is 58.1 Å². The molecule has 2 rings (SSSR count). The van der Waals surface area contributed by atoms with E-state index in [1.807, 2.05) is 7.05 Å². The number of hydrogen-bond donors (Lipinski definition) is 1. The van der Waals surface area contributed by atoms with Crippen molar-refractivity contribution < 1.29 is 4.74 Å². The zero-order chi connectivity index (χ0) is 14.2. The molecule has 1 saturated carbocycles. The molecule has 1 aliphatic rings. The maximum absolute atomic E-state index is 6.33. The van der Waals surface area contributed by atoms with Crippen LogP contribution in [0, 0.1) is 12.3 Å². The van der Waals surface area contributed by atoms with E-state index in [9.17, 15) is 0 Å². The van der Waals surface area contributed by atoms with Gasteiger partial charge in [-0.3, -0.25) is 0 Å². The van der Waals surface area contributed by atoms with E-state index in [0.717, 1.165) is 12.2 Å². The minimum atomic E-state index is 0.201. The van der Waals surface area contributed by atoms with Gasteiger partial charge in [0.25, 0.3) is 0 Å². The van der Waals surface area contributed by atoms with Crippen molar-refractivity contribution in [2.45, 2.75) is 59.1 Å². The zero-order valence-corrected chi connectivity index (χ0v) is 13.1. The van der Waals surface area contributed by atoms with E-state index in [1.165, 1.54) is 11.1 Å². The second-order valence-electron chi connectivity index (χ2n) is 6.70. The van der Waals surface area contributed by atoms with Gasteiger partial charge in [0.15, 0.2) is 0 Å². The Hall–Kier alpha value is -1.02. The number of benzene rings is 1. The maximum Gasteiger partial charge on any atom is 0.123 e. The molecular formula is C17H27NO. The Morgan fingerprint density at radius 2 is 2.00 bits per heavy atom. The number of nitrogens with one attached hydrogen (secondary N) is 1. The molecule has 1 aliphatic carbocycles. The van der Waals surface area contributed by atoms with E-state index >= 15 is 0 Å². The van der Waals surface area contributed by atoms with Gasteiger partial charge >= 0.3 is 0 Å². The molecule has 106 valence electrons. The Kier molecular flexibility index (Phi) is 3.91. The molecule has 0 radical (unpaired) electrons. The van der Waals surface area contributed by atoms with Gasteiger partial charge < -0.3 is 10.1 Å². The maximum atomic E-state index is 6.33. The van der Waals surface area contributed by atoms with Crippen molar-refractivity contribution in [1.82, 2.24) is 5.32 Å². The third-order valence-corrected chi connectivity index (χ3v) is 4.59. The quantitative estimate of drug-likeness (QED) is 0.888. The molecule has 0 aliphatic heterocycles. The molecular weight excluding hydrogens is 234 g/mol. The Morgan fingerprint density at radius 1 is 1.32 bits per heavy atom. The minimum Gasteiger partial charge on any atom is -0.489 e. The molecule has 0 saturated heterocycles. The van der Waals surface area contributed by atoms with Gasteiger partial charge in [-0.1, -0.05) is 39.8 Å². The van der Waals surface area contributed by atoms with Crippen LogP contribution in [0.3, 0.4) is 0 Å². The molecule has 2 atom stereocenters. The molecule has 2 unspecified atom stereocenters. The van der Waals surface area contributed by atoms with Crippen molar-refractivity contribution in [2.24, 2.45) is 5.41 Å². The number of hydrogen-bond acceptors (Lipinski definition) is 2. The SMILES string of the molecule is CNC1CC(Oc2cc(C)ccc2C(C)C)C1(C)C. The molecule has 0 aromatic heterocycles. The van der Waals surface area contributed by atoms with Crippen LogP contribution in [0.4, 0.5) is 0 Å². The van der Waals surface area contributed by atoms with Crippen molar-refractivity contribution in [2.75, 3.05) is 7.05 Å². The first kappa shape index (κ1) is 14.4. The standard InChI is InChI=1S/C17H27NO/c1-11(2)13-8-7-12(3)9-14(13)19-16-10-15(18-6)17(16,4)5/h7-9,11,15-16,18H,10H2,1-6H3. The van der Waals surface area contributed by atoms with Gasteiger partial charge in [-0.2, -0.15) is 0 Å². The monoisotopic (exact) mass is 261 g/mol. The molecule has 2 nitrogen and oxygen atoms in total. The molecule has 19 heavy (non-hydrogen) atoms. The highest BCUT2D eigenvalue weighted by Gasteiger charge is 2.49. The normalized spacial score (nSPS) is 25.2. The second-order valence-corrected chi connectivity index (χ2v) is 6.70. The summed E-state index contributed by atoms with van der Waals surface area (Å²) in [6.07, 6.45) is 1.40. The van der Waals surface area contributed by atoms with Gasteiger partial charge in [0.1, 0.15) is 11.9 Å². The summed E-state index contributed by atoms with van der Waals surface area (Å²) in [7, 11) is 2.04. The van der Waals surface area contributed by atoms with Crippen molar-refractivity contribution in [1.29, 1.82) is 0 Å². The Balaban J connectivity index is 2.18. The van der Waals surface area contributed by atoms with Crippen LogP contribution in [0.1, 0.15) is 51.2 Å². The lowest BCUT2D eigenvalue weighted by Crippen LogP contribution is -2.61. The van der Waals surface area contributed by atoms with Crippen molar-refractivity contribution in [3.63, 3.8) is 0 Å². The molecule has 1 aromatic rings. The molecule has 0 amide bonds. The predicted octanol–water partition coefficient (Wildman–Crippen LogP) is 3.88. The second kappa shape index (κ2) is 5.16. The number of rotatable bonds is 4. The fraction of sp³-hybridized carbons (Fsp3) is 0.647. The van der Waals surface area contributed by atoms with Gasteiger partial charge in [-0.15, -0.1) is 0 Å². The van der Waals surface area contributed by atoms with E-state index in [0.29, 0.717) is 18.1 Å². The zero-order valence-electron chi connectivity index (χ0n) is 13.1. The minimum absolute atomic E-state index is 0.201. The van der Waals surface area contributed by atoms with Crippen molar-refractivity contribution in [3.05, 3.63) is 29.3 Å². The third kappa shape index (κ3) is 2.64. The first-order valence-electron chi connectivity index (χ1n) is 7.30. The van der Waals surface area contributed by atoms with Gasteiger partial charge in [-0.25, -0.2) is 0 Å². The average Bonchev–Trinajstić information content (AvgIpc) is 2.33. The van der Waals surface area contributed by atoms with Crippen molar-refractivity contribution in [3.8, 4) is 5.75 Å². The summed E-state index contributed by atoms with van der Waals surface area (Å²) >= 11 is 0. The van der Waals surface area contributed by atoms with Gasteiger partial charge in [-0.05, 0) is 37.1 Å². The fourth-order valence-corrected chi connectivity index (χ4v) is 2.95. The Morgan fingerprint density at radius 3 is 2.53 bits per heavy atom. The molecule has 0 spiro atoms. The van der Waals surface area contributed by atoms with Crippen LogP contribution < -0.4 is 10.1 Å². The summed E-state index contributed by atoms with van der Waals surface area (Å²) in [4.78, 5) is 0. The smallest absolute Gasteiger partial charge is 0.123 e.